The van der Waals surface area contributed by atoms with E-state index >= 15 is 0 Å². The molecule has 0 aromatic heterocycles. The minimum Gasteiger partial charge on any atom is -0.361 e. The molecule has 6 aromatic carbocycles. The third kappa shape index (κ3) is 10.3. The van der Waals surface area contributed by atoms with Gasteiger partial charge >= 0.3 is 0 Å². The highest BCUT2D eigenvalue weighted by Gasteiger charge is 2.51. The molecule has 1 spiro atoms. The van der Waals surface area contributed by atoms with Gasteiger partial charge in [-0.2, -0.15) is 0 Å². The number of nitrogens with one attached hydrogen (secondary N) is 1. The maximum Gasteiger partial charge on any atom is 0.0726 e. The third-order valence-electron chi connectivity index (χ3n) is 12.2. The number of hydrogen-bond donors (Lipinski definition) is 1. The van der Waals surface area contributed by atoms with Crippen molar-refractivity contribution in [2.45, 2.75) is 65.7 Å². The normalized spacial score (nSPS) is 17.2. The molecule has 2 nitrogen and oxygen atoms in total. The van der Waals surface area contributed by atoms with Gasteiger partial charge in [-0.15, -0.1) is 0 Å². The zero-order valence-corrected chi connectivity index (χ0v) is 39.9. The number of para-hydroxylation sites is 1. The van der Waals surface area contributed by atoms with Gasteiger partial charge in [0.05, 0.1) is 16.8 Å². The first-order chi connectivity index (χ1) is 33.2. The molecule has 6 aromatic rings. The van der Waals surface area contributed by atoms with E-state index in [1.54, 1.807) is 0 Å². The van der Waals surface area contributed by atoms with E-state index in [0.29, 0.717) is 0 Å². The van der Waals surface area contributed by atoms with Crippen LogP contribution in [0.15, 0.2) is 247 Å². The topological polar surface area (TPSA) is 24.4 Å². The van der Waals surface area contributed by atoms with Crippen molar-refractivity contribution in [3.8, 4) is 22.3 Å². The zero-order valence-electron chi connectivity index (χ0n) is 39.9. The van der Waals surface area contributed by atoms with Gasteiger partial charge < -0.3 is 5.32 Å². The smallest absolute Gasteiger partial charge is 0.0726 e. The highest BCUT2D eigenvalue weighted by Crippen LogP contribution is 2.63. The molecule has 0 atom stereocenters. The van der Waals surface area contributed by atoms with Crippen molar-refractivity contribution in [3.63, 3.8) is 0 Å². The molecular formula is C65H64N2. The second-order valence-electron chi connectivity index (χ2n) is 16.1. The largest absolute Gasteiger partial charge is 0.361 e. The van der Waals surface area contributed by atoms with Gasteiger partial charge in [0.15, 0.2) is 0 Å². The SMILES string of the molecule is C/C=C\C=C1\C=CC=CC1=Nc1ccc2c(c1)C1(c3ccccc3-c3ccccc31)c1ccccc1-2.C1=CCCC=C1.C=C1C=CCC/C1=c1\cccc\c1=C\Nc1ccccc1.CC.CC. The van der Waals surface area contributed by atoms with Crippen molar-refractivity contribution >= 4 is 28.9 Å². The molecule has 0 bridgehead atoms. The van der Waals surface area contributed by atoms with Crippen molar-refractivity contribution < 1.29 is 0 Å². The van der Waals surface area contributed by atoms with E-state index in [1.165, 1.54) is 73.4 Å². The van der Waals surface area contributed by atoms with Crippen LogP contribution in [0.3, 0.4) is 0 Å². The number of allylic oxidation sites excluding steroid dienone is 15. The Kier molecular flexibility index (Phi) is 16.7. The minimum absolute atomic E-state index is 0.332. The summed E-state index contributed by atoms with van der Waals surface area (Å²) in [6.45, 7) is 14.2. The minimum atomic E-state index is -0.332. The summed E-state index contributed by atoms with van der Waals surface area (Å²) in [5.41, 5.74) is 17.0. The van der Waals surface area contributed by atoms with Crippen LogP contribution in [-0.4, -0.2) is 5.71 Å². The number of hydrogen-bond acceptors (Lipinski definition) is 2. The summed E-state index contributed by atoms with van der Waals surface area (Å²) in [6.07, 6.45) is 34.1. The van der Waals surface area contributed by atoms with Gasteiger partial charge in [-0.1, -0.05) is 229 Å². The van der Waals surface area contributed by atoms with Gasteiger partial charge in [-0.05, 0) is 129 Å². The van der Waals surface area contributed by atoms with Gasteiger partial charge in [-0.25, -0.2) is 4.99 Å². The van der Waals surface area contributed by atoms with Crippen LogP contribution >= 0.6 is 0 Å². The second-order valence-corrected chi connectivity index (χ2v) is 16.1. The van der Waals surface area contributed by atoms with Gasteiger partial charge in [0.2, 0.25) is 0 Å². The van der Waals surface area contributed by atoms with Crippen LogP contribution in [-0.2, 0) is 5.41 Å². The molecule has 0 saturated carbocycles. The second kappa shape index (κ2) is 23.6. The predicted octanol–water partition coefficient (Wildman–Crippen LogP) is 16.3. The van der Waals surface area contributed by atoms with Crippen LogP contribution in [0.1, 0.15) is 82.6 Å². The van der Waals surface area contributed by atoms with Crippen molar-refractivity contribution in [3.05, 3.63) is 275 Å². The quantitative estimate of drug-likeness (QED) is 0.187. The summed E-state index contributed by atoms with van der Waals surface area (Å²) in [7, 11) is 0. The average molecular weight is 873 g/mol. The van der Waals surface area contributed by atoms with E-state index in [4.69, 9.17) is 4.99 Å². The van der Waals surface area contributed by atoms with Crippen LogP contribution < -0.4 is 15.8 Å². The zero-order chi connectivity index (χ0) is 46.9. The highest BCUT2D eigenvalue weighted by molar-refractivity contribution is 6.13. The fourth-order valence-electron chi connectivity index (χ4n) is 9.38. The highest BCUT2D eigenvalue weighted by atomic mass is 14.8. The molecule has 5 aliphatic rings. The fourth-order valence-corrected chi connectivity index (χ4v) is 9.38. The Morgan fingerprint density at radius 2 is 1.12 bits per heavy atom. The molecule has 2 heteroatoms. The first kappa shape index (κ1) is 47.4. The molecule has 0 amide bonds. The van der Waals surface area contributed by atoms with Crippen molar-refractivity contribution in [2.75, 3.05) is 5.32 Å². The fraction of sp³-hybridized carbons (Fsp3) is 0.154. The standard InChI is InChI=1S/C35H25N.C20H19N.C6H8.2C2H6/c1-2-3-12-24-13-4-11-20-34(24)36-25-21-22-29-28-16-7-10-19-32(28)35(33(29)23-25)30-17-8-5-14-26(30)27-15-6-9-18-31(27)35;1-16-9-5-7-13-19(16)20-14-8-6-10-17(20)15-21-18-11-3-2-4-12-18;1-2-4-6-5-3-1;2*1-2/h2-23H,1H3;2-6,8-12,14-15,21H,1,7,13H2;1-4H,5-6H2;2*1-2H3/b3-2-,24-12-,36-34?;17-15-,20-19-;;;. The van der Waals surface area contributed by atoms with Gasteiger partial charge in [0.25, 0.3) is 0 Å². The Morgan fingerprint density at radius 1 is 0.552 bits per heavy atom. The molecule has 1 N–H and O–H groups in total. The van der Waals surface area contributed by atoms with E-state index < -0.39 is 0 Å². The number of rotatable bonds is 4. The number of aliphatic imine (C=N–C) groups is 1. The Labute approximate surface area is 400 Å². The lowest BCUT2D eigenvalue weighted by Gasteiger charge is -2.30. The maximum atomic E-state index is 5.14. The molecule has 0 heterocycles. The summed E-state index contributed by atoms with van der Waals surface area (Å²) in [5, 5.41) is 5.84. The molecular weight excluding hydrogens is 809 g/mol. The van der Waals surface area contributed by atoms with Crippen LogP contribution in [0.25, 0.3) is 34.0 Å². The van der Waals surface area contributed by atoms with E-state index in [1.807, 2.05) is 58.9 Å². The molecule has 0 fully saturated rings. The van der Waals surface area contributed by atoms with Gasteiger partial charge in [-0.3, -0.25) is 0 Å². The Hall–Kier alpha value is -7.55. The Bertz CT molecular complexity index is 2980. The summed E-state index contributed by atoms with van der Waals surface area (Å²) in [5.74, 6) is 0. The number of benzene rings is 6. The monoisotopic (exact) mass is 873 g/mol. The number of anilines is 1. The number of fused-ring (bicyclic) bond motifs is 10. The van der Waals surface area contributed by atoms with Gasteiger partial charge in [0.1, 0.15) is 0 Å². The lowest BCUT2D eigenvalue weighted by Crippen LogP contribution is -2.28. The summed E-state index contributed by atoms with van der Waals surface area (Å²) < 4.78 is 0. The predicted molar refractivity (Wildman–Crippen MR) is 292 cm³/mol. The molecule has 0 saturated heterocycles. The number of nitrogens with zero attached hydrogens (tertiary/aromatic N) is 1. The average Bonchev–Trinajstić information content (AvgIpc) is 3.87. The lowest BCUT2D eigenvalue weighted by atomic mass is 9.70. The third-order valence-corrected chi connectivity index (χ3v) is 12.2. The molecule has 67 heavy (non-hydrogen) atoms. The van der Waals surface area contributed by atoms with Crippen molar-refractivity contribution in [2.24, 2.45) is 4.99 Å². The summed E-state index contributed by atoms with van der Waals surface area (Å²) in [6, 6.07) is 52.2. The van der Waals surface area contributed by atoms with Crippen LogP contribution in [0.5, 0.6) is 0 Å². The van der Waals surface area contributed by atoms with E-state index in [0.717, 1.165) is 41.1 Å². The van der Waals surface area contributed by atoms with Crippen LogP contribution in [0.4, 0.5) is 11.4 Å². The van der Waals surface area contributed by atoms with Gasteiger partial charge in [0, 0.05) is 17.5 Å². The molecule has 334 valence electrons. The van der Waals surface area contributed by atoms with Crippen molar-refractivity contribution in [1.82, 2.24) is 0 Å². The lowest BCUT2D eigenvalue weighted by molar-refractivity contribution is 0.794. The van der Waals surface area contributed by atoms with Crippen molar-refractivity contribution in [1.29, 1.82) is 0 Å². The first-order valence-corrected chi connectivity index (χ1v) is 24.1. The molecule has 0 unspecified atom stereocenters. The molecule has 11 rings (SSSR count). The first-order valence-electron chi connectivity index (χ1n) is 24.1. The molecule has 0 aliphatic heterocycles. The van der Waals surface area contributed by atoms with E-state index in [-0.39, 0.29) is 5.41 Å². The Morgan fingerprint density at radius 3 is 1.72 bits per heavy atom. The van der Waals surface area contributed by atoms with Crippen LogP contribution in [0, 0.1) is 0 Å². The molecule has 0 radical (unpaired) electrons. The van der Waals surface area contributed by atoms with E-state index in [9.17, 15) is 0 Å². The molecule has 5 aliphatic carbocycles. The Balaban J connectivity index is 0.000000181. The maximum absolute atomic E-state index is 5.14. The van der Waals surface area contributed by atoms with Crippen LogP contribution in [0.2, 0.25) is 0 Å². The summed E-state index contributed by atoms with van der Waals surface area (Å²) >= 11 is 0. The summed E-state index contributed by atoms with van der Waals surface area (Å²) in [4.78, 5) is 5.14. The van der Waals surface area contributed by atoms with E-state index in [2.05, 4.69) is 218 Å².